The molecule has 0 saturated carbocycles. The average molecular weight is 310 g/mol. The summed E-state index contributed by atoms with van der Waals surface area (Å²) in [6, 6.07) is 16.3. The normalized spacial score (nSPS) is 14.0. The topological polar surface area (TPSA) is 42.9 Å². The molecule has 120 valence electrons. The fourth-order valence-corrected chi connectivity index (χ4v) is 2.64. The van der Waals surface area contributed by atoms with Crippen molar-refractivity contribution in [1.82, 2.24) is 5.32 Å². The molecule has 4 heteroatoms. The minimum absolute atomic E-state index is 0.535. The van der Waals surface area contributed by atoms with Crippen LogP contribution in [0.2, 0.25) is 0 Å². The van der Waals surface area contributed by atoms with Gasteiger partial charge in [0.2, 0.25) is 0 Å². The number of hydrogen-bond acceptors (Lipinski definition) is 4. The average Bonchev–Trinajstić information content (AvgIpc) is 2.63. The number of ether oxygens (including phenoxy) is 2. The first-order chi connectivity index (χ1) is 11.4. The molecule has 0 fully saturated rings. The summed E-state index contributed by atoms with van der Waals surface area (Å²) < 4.78 is 11.2. The van der Waals surface area contributed by atoms with Crippen LogP contribution in [-0.2, 0) is 18.0 Å². The van der Waals surface area contributed by atoms with E-state index in [1.54, 1.807) is 7.11 Å². The van der Waals surface area contributed by atoms with Gasteiger partial charge in [0.15, 0.2) is 0 Å². The van der Waals surface area contributed by atoms with E-state index in [1.807, 2.05) is 24.3 Å². The second kappa shape index (κ2) is 7.79. The number of nitrogens with one attached hydrogen (secondary N) is 1. The Morgan fingerprint density at radius 2 is 2.00 bits per heavy atom. The first kappa shape index (κ1) is 15.6. The first-order valence-corrected chi connectivity index (χ1v) is 7.94. The van der Waals surface area contributed by atoms with E-state index in [0.717, 1.165) is 47.8 Å². The van der Waals surface area contributed by atoms with Crippen molar-refractivity contribution in [2.75, 3.05) is 20.2 Å². The maximum atomic E-state index is 5.85. The van der Waals surface area contributed by atoms with Gasteiger partial charge in [-0.05, 0) is 24.1 Å². The maximum Gasteiger partial charge on any atom is 0.128 e. The highest BCUT2D eigenvalue weighted by molar-refractivity contribution is 5.99. The lowest BCUT2D eigenvalue weighted by atomic mass is 10.1. The Morgan fingerprint density at radius 1 is 1.09 bits per heavy atom. The van der Waals surface area contributed by atoms with Crippen LogP contribution >= 0.6 is 0 Å². The zero-order valence-corrected chi connectivity index (χ0v) is 13.4. The molecular formula is C19H22N2O2. The first-order valence-electron chi connectivity index (χ1n) is 7.94. The number of aliphatic imine (C=N–C) groups is 1. The Kier molecular flexibility index (Phi) is 5.27. The van der Waals surface area contributed by atoms with E-state index in [0.29, 0.717) is 13.2 Å². The summed E-state index contributed by atoms with van der Waals surface area (Å²) in [6.45, 7) is 3.00. The highest BCUT2D eigenvalue weighted by Gasteiger charge is 2.08. The van der Waals surface area contributed by atoms with E-state index < -0.39 is 0 Å². The van der Waals surface area contributed by atoms with Crippen molar-refractivity contribution in [2.24, 2.45) is 4.99 Å². The van der Waals surface area contributed by atoms with Crippen LogP contribution in [0.1, 0.15) is 23.1 Å². The van der Waals surface area contributed by atoms with Gasteiger partial charge >= 0.3 is 0 Å². The van der Waals surface area contributed by atoms with Gasteiger partial charge in [-0.3, -0.25) is 4.99 Å². The maximum absolute atomic E-state index is 5.85. The number of rotatable bonds is 6. The molecule has 0 atom stereocenters. The van der Waals surface area contributed by atoms with Crippen molar-refractivity contribution < 1.29 is 9.47 Å². The summed E-state index contributed by atoms with van der Waals surface area (Å²) in [5.74, 6) is 1.85. The van der Waals surface area contributed by atoms with E-state index in [-0.39, 0.29) is 0 Å². The summed E-state index contributed by atoms with van der Waals surface area (Å²) >= 11 is 0. The van der Waals surface area contributed by atoms with Crippen molar-refractivity contribution in [3.8, 4) is 5.75 Å². The van der Waals surface area contributed by atoms with Crippen LogP contribution in [0.15, 0.2) is 53.5 Å². The lowest BCUT2D eigenvalue weighted by Crippen LogP contribution is -2.30. The monoisotopic (exact) mass is 310 g/mol. The molecule has 3 rings (SSSR count). The molecule has 0 radical (unpaired) electrons. The Balaban J connectivity index is 1.61. The standard InChI is InChI=1S/C19H22N2O2/c1-22-18-9-3-2-7-17(18)14-23-13-15-6-4-8-16(12-15)19-20-10-5-11-21-19/h2-4,6-9,12H,5,10-11,13-14H2,1H3,(H,20,21). The van der Waals surface area contributed by atoms with E-state index in [4.69, 9.17) is 9.47 Å². The van der Waals surface area contributed by atoms with Crippen LogP contribution in [0.3, 0.4) is 0 Å². The zero-order chi connectivity index (χ0) is 15.9. The number of nitrogens with zero attached hydrogens (tertiary/aromatic N) is 1. The van der Waals surface area contributed by atoms with Crippen LogP contribution in [0.5, 0.6) is 5.75 Å². The third-order valence-corrected chi connectivity index (χ3v) is 3.82. The third kappa shape index (κ3) is 4.11. The molecule has 0 bridgehead atoms. The molecule has 1 aliphatic rings. The minimum Gasteiger partial charge on any atom is -0.496 e. The van der Waals surface area contributed by atoms with Crippen molar-refractivity contribution in [2.45, 2.75) is 19.6 Å². The summed E-state index contributed by atoms with van der Waals surface area (Å²) in [5, 5.41) is 3.35. The number of benzene rings is 2. The second-order valence-electron chi connectivity index (χ2n) is 5.52. The smallest absolute Gasteiger partial charge is 0.128 e. The van der Waals surface area contributed by atoms with E-state index >= 15 is 0 Å². The molecule has 4 nitrogen and oxygen atoms in total. The Labute approximate surface area is 137 Å². The van der Waals surface area contributed by atoms with Crippen molar-refractivity contribution in [1.29, 1.82) is 0 Å². The molecule has 0 aliphatic carbocycles. The molecule has 23 heavy (non-hydrogen) atoms. The molecule has 1 heterocycles. The lowest BCUT2D eigenvalue weighted by Gasteiger charge is -2.15. The van der Waals surface area contributed by atoms with Crippen LogP contribution in [-0.4, -0.2) is 26.0 Å². The Hall–Kier alpha value is -2.33. The van der Waals surface area contributed by atoms with Crippen LogP contribution in [0.25, 0.3) is 0 Å². The van der Waals surface area contributed by atoms with Gasteiger partial charge in [0.25, 0.3) is 0 Å². The molecule has 2 aromatic carbocycles. The predicted molar refractivity (Wildman–Crippen MR) is 92.0 cm³/mol. The molecule has 0 saturated heterocycles. The molecule has 0 aromatic heterocycles. The van der Waals surface area contributed by atoms with Gasteiger partial charge in [-0.15, -0.1) is 0 Å². The largest absolute Gasteiger partial charge is 0.496 e. The van der Waals surface area contributed by atoms with Gasteiger partial charge in [0.05, 0.1) is 20.3 Å². The molecule has 1 N–H and O–H groups in total. The predicted octanol–water partition coefficient (Wildman–Crippen LogP) is 3.15. The summed E-state index contributed by atoms with van der Waals surface area (Å²) in [5.41, 5.74) is 3.33. The van der Waals surface area contributed by atoms with Gasteiger partial charge < -0.3 is 14.8 Å². The van der Waals surface area contributed by atoms with Crippen LogP contribution in [0.4, 0.5) is 0 Å². The summed E-state index contributed by atoms with van der Waals surface area (Å²) in [6.07, 6.45) is 1.10. The van der Waals surface area contributed by atoms with Crippen LogP contribution in [0, 0.1) is 0 Å². The fourth-order valence-electron chi connectivity index (χ4n) is 2.64. The summed E-state index contributed by atoms with van der Waals surface area (Å²) in [7, 11) is 1.68. The van der Waals surface area contributed by atoms with E-state index in [2.05, 4.69) is 34.6 Å². The highest BCUT2D eigenvalue weighted by atomic mass is 16.5. The SMILES string of the molecule is COc1ccccc1COCc1cccc(C2=NCCCN2)c1. The molecule has 0 amide bonds. The molecule has 0 unspecified atom stereocenters. The Bertz CT molecular complexity index is 683. The van der Waals surface area contributed by atoms with Crippen molar-refractivity contribution in [3.63, 3.8) is 0 Å². The van der Waals surface area contributed by atoms with Gasteiger partial charge in [0, 0.05) is 24.2 Å². The van der Waals surface area contributed by atoms with Gasteiger partial charge in [-0.25, -0.2) is 0 Å². The fraction of sp³-hybridized carbons (Fsp3) is 0.316. The van der Waals surface area contributed by atoms with Gasteiger partial charge in [0.1, 0.15) is 11.6 Å². The number of methoxy groups -OCH3 is 1. The molecule has 2 aromatic rings. The second-order valence-corrected chi connectivity index (χ2v) is 5.52. The zero-order valence-electron chi connectivity index (χ0n) is 13.4. The quantitative estimate of drug-likeness (QED) is 0.891. The van der Waals surface area contributed by atoms with Gasteiger partial charge in [-0.2, -0.15) is 0 Å². The third-order valence-electron chi connectivity index (χ3n) is 3.82. The molecule has 0 spiro atoms. The van der Waals surface area contributed by atoms with E-state index in [1.165, 1.54) is 0 Å². The number of para-hydroxylation sites is 1. The molecular weight excluding hydrogens is 288 g/mol. The van der Waals surface area contributed by atoms with Gasteiger partial charge in [-0.1, -0.05) is 36.4 Å². The number of hydrogen-bond donors (Lipinski definition) is 1. The lowest BCUT2D eigenvalue weighted by molar-refractivity contribution is 0.105. The van der Waals surface area contributed by atoms with Crippen molar-refractivity contribution >= 4 is 5.84 Å². The van der Waals surface area contributed by atoms with E-state index in [9.17, 15) is 0 Å². The number of amidine groups is 1. The molecule has 1 aliphatic heterocycles. The highest BCUT2D eigenvalue weighted by Crippen LogP contribution is 2.19. The van der Waals surface area contributed by atoms with Crippen molar-refractivity contribution in [3.05, 3.63) is 65.2 Å². The Morgan fingerprint density at radius 3 is 2.83 bits per heavy atom. The minimum atomic E-state index is 0.535. The summed E-state index contributed by atoms with van der Waals surface area (Å²) in [4.78, 5) is 4.54. The van der Waals surface area contributed by atoms with Crippen LogP contribution < -0.4 is 10.1 Å².